The molecule has 0 amide bonds. The van der Waals surface area contributed by atoms with Crippen LogP contribution in [0.3, 0.4) is 0 Å². The molecule has 1 atom stereocenters. The van der Waals surface area contributed by atoms with Crippen LogP contribution in [-0.2, 0) is 34.0 Å². The maximum Gasteiger partial charge on any atom is 0.391 e. The van der Waals surface area contributed by atoms with Crippen molar-refractivity contribution < 1.29 is 26.4 Å². The Morgan fingerprint density at radius 1 is 1.08 bits per heavy atom. The molecule has 1 unspecified atom stereocenters. The van der Waals surface area contributed by atoms with Crippen LogP contribution in [-0.4, -0.2) is 37.6 Å². The number of ketones is 1. The van der Waals surface area contributed by atoms with E-state index in [1.54, 1.807) is 42.5 Å². The number of Topliss-reactive ketones (excluding diaryl/α,β-unsaturated/α-hetero) is 1. The highest BCUT2D eigenvalue weighted by atomic mass is 32.2. The van der Waals surface area contributed by atoms with E-state index in [0.29, 0.717) is 31.1 Å². The molecule has 1 aliphatic heterocycles. The summed E-state index contributed by atoms with van der Waals surface area (Å²) >= 11 is 1.69. The summed E-state index contributed by atoms with van der Waals surface area (Å²) < 4.78 is 63.1. The van der Waals surface area contributed by atoms with E-state index >= 15 is 0 Å². The van der Waals surface area contributed by atoms with Crippen molar-refractivity contribution >= 4 is 27.0 Å². The molecule has 0 saturated heterocycles. The van der Waals surface area contributed by atoms with Gasteiger partial charge in [-0.1, -0.05) is 32.9 Å². The molecule has 0 radical (unpaired) electrons. The second-order valence-electron chi connectivity index (χ2n) is 10.9. The quantitative estimate of drug-likeness (QED) is 0.342. The number of rotatable bonds is 9. The first-order chi connectivity index (χ1) is 17.4. The molecule has 204 valence electrons. The summed E-state index contributed by atoms with van der Waals surface area (Å²) in [5, 5.41) is 0. The van der Waals surface area contributed by atoms with Gasteiger partial charge in [-0.05, 0) is 66.8 Å². The van der Waals surface area contributed by atoms with Crippen LogP contribution in [0.25, 0.3) is 0 Å². The number of thiophene rings is 1. The molecule has 2 aliphatic rings. The number of hydrogen-bond donors (Lipinski definition) is 0. The first-order valence-corrected chi connectivity index (χ1v) is 15.6. The number of benzene rings is 1. The summed E-state index contributed by atoms with van der Waals surface area (Å²) in [6, 6.07) is 8.92. The van der Waals surface area contributed by atoms with Crippen molar-refractivity contribution in [2.75, 3.05) is 12.3 Å². The fourth-order valence-electron chi connectivity index (χ4n) is 5.82. The van der Waals surface area contributed by atoms with Gasteiger partial charge < -0.3 is 0 Å². The molecule has 1 aromatic carbocycles. The van der Waals surface area contributed by atoms with Gasteiger partial charge in [-0.3, -0.25) is 9.69 Å². The molecule has 0 spiro atoms. The highest BCUT2D eigenvalue weighted by molar-refractivity contribution is 7.91. The van der Waals surface area contributed by atoms with Crippen molar-refractivity contribution in [2.24, 2.45) is 17.8 Å². The van der Waals surface area contributed by atoms with E-state index in [1.807, 2.05) is 0 Å². The molecule has 2 heterocycles. The standard InChI is InChI=1S/C28H36F3NO3S2/c1-4-37(34,35)25-11-7-19(8-12-25)13-23(33)15-24-14-21-17-32(26(18(2)3)27(21)36-24)16-20-5-9-22(10-6-20)28(29,30)31/h7-8,11-12,14,18,20,22,26H,4-6,9-10,13,15-17H2,1-3H3. The van der Waals surface area contributed by atoms with Gasteiger partial charge in [0.25, 0.3) is 0 Å². The number of alkyl halides is 3. The zero-order valence-corrected chi connectivity index (χ0v) is 23.3. The Kier molecular flexibility index (Phi) is 8.56. The topological polar surface area (TPSA) is 54.5 Å². The first-order valence-electron chi connectivity index (χ1n) is 13.1. The molecule has 4 rings (SSSR count). The third kappa shape index (κ3) is 6.66. The van der Waals surface area contributed by atoms with Crippen LogP contribution in [0.4, 0.5) is 13.2 Å². The summed E-state index contributed by atoms with van der Waals surface area (Å²) in [5.74, 6) is -0.346. The van der Waals surface area contributed by atoms with Crippen molar-refractivity contribution in [3.05, 3.63) is 51.2 Å². The second-order valence-corrected chi connectivity index (χ2v) is 14.4. The molecule has 2 aromatic rings. The highest BCUT2D eigenvalue weighted by Crippen LogP contribution is 2.46. The van der Waals surface area contributed by atoms with Gasteiger partial charge in [0.1, 0.15) is 5.78 Å². The number of sulfone groups is 1. The van der Waals surface area contributed by atoms with E-state index < -0.39 is 21.9 Å². The number of carbonyl (C=O) groups excluding carboxylic acids is 1. The lowest BCUT2D eigenvalue weighted by molar-refractivity contribution is -0.184. The maximum absolute atomic E-state index is 13.0. The normalized spacial score (nSPS) is 22.9. The third-order valence-corrected chi connectivity index (χ3v) is 10.8. The summed E-state index contributed by atoms with van der Waals surface area (Å²) in [6.45, 7) is 7.58. The molecule has 1 saturated carbocycles. The van der Waals surface area contributed by atoms with Crippen molar-refractivity contribution in [1.82, 2.24) is 4.90 Å². The van der Waals surface area contributed by atoms with E-state index in [9.17, 15) is 26.4 Å². The molecule has 9 heteroatoms. The van der Waals surface area contributed by atoms with Gasteiger partial charge in [0, 0.05) is 41.7 Å². The lowest BCUT2D eigenvalue weighted by atomic mass is 9.81. The molecular weight excluding hydrogens is 519 g/mol. The Labute approximate surface area is 222 Å². The van der Waals surface area contributed by atoms with Crippen LogP contribution in [0.15, 0.2) is 35.2 Å². The van der Waals surface area contributed by atoms with Gasteiger partial charge in [0.2, 0.25) is 0 Å². The average molecular weight is 556 g/mol. The maximum atomic E-state index is 13.0. The minimum Gasteiger partial charge on any atom is -0.299 e. The van der Waals surface area contributed by atoms with E-state index in [-0.39, 0.29) is 41.7 Å². The van der Waals surface area contributed by atoms with Crippen molar-refractivity contribution in [3.8, 4) is 0 Å². The van der Waals surface area contributed by atoms with Crippen LogP contribution in [0.5, 0.6) is 0 Å². The third-order valence-electron chi connectivity index (χ3n) is 7.80. The Hall–Kier alpha value is -1.71. The fraction of sp³-hybridized carbons (Fsp3) is 0.607. The van der Waals surface area contributed by atoms with Crippen LogP contribution in [0.2, 0.25) is 0 Å². The van der Waals surface area contributed by atoms with Gasteiger partial charge in [-0.15, -0.1) is 11.3 Å². The van der Waals surface area contributed by atoms with Gasteiger partial charge in [0.15, 0.2) is 9.84 Å². The summed E-state index contributed by atoms with van der Waals surface area (Å²) in [7, 11) is -3.26. The molecule has 37 heavy (non-hydrogen) atoms. The number of halogens is 3. The first kappa shape index (κ1) is 28.3. The highest BCUT2D eigenvalue weighted by Gasteiger charge is 2.42. The SMILES string of the molecule is CCS(=O)(=O)c1ccc(CC(=O)Cc2cc3c(s2)C(C(C)C)N(CC2CCC(C(F)(F)F)CC2)C3)cc1. The lowest BCUT2D eigenvalue weighted by Crippen LogP contribution is -2.35. The van der Waals surface area contributed by atoms with Crippen LogP contribution >= 0.6 is 11.3 Å². The van der Waals surface area contributed by atoms with Crippen LogP contribution < -0.4 is 0 Å². The predicted molar refractivity (Wildman–Crippen MR) is 140 cm³/mol. The zero-order valence-electron chi connectivity index (χ0n) is 21.7. The smallest absolute Gasteiger partial charge is 0.299 e. The van der Waals surface area contributed by atoms with E-state index in [4.69, 9.17) is 0 Å². The summed E-state index contributed by atoms with van der Waals surface area (Å²) in [4.78, 5) is 17.8. The molecule has 1 aliphatic carbocycles. The lowest BCUT2D eigenvalue weighted by Gasteiger charge is -2.35. The average Bonchev–Trinajstić information content (AvgIpc) is 3.35. The summed E-state index contributed by atoms with van der Waals surface area (Å²) in [5.41, 5.74) is 2.04. The zero-order chi connectivity index (χ0) is 27.0. The monoisotopic (exact) mass is 555 g/mol. The second kappa shape index (κ2) is 11.2. The van der Waals surface area contributed by atoms with Gasteiger partial charge in [-0.25, -0.2) is 8.42 Å². The molecule has 1 aromatic heterocycles. The fourth-order valence-corrected chi connectivity index (χ4v) is 8.22. The molecule has 4 nitrogen and oxygen atoms in total. The number of nitrogens with zero attached hydrogens (tertiary/aromatic N) is 1. The Balaban J connectivity index is 1.35. The number of carbonyl (C=O) groups is 1. The number of fused-ring (bicyclic) bond motifs is 1. The van der Waals surface area contributed by atoms with Gasteiger partial charge in [0.05, 0.1) is 16.6 Å². The number of hydrogen-bond acceptors (Lipinski definition) is 5. The largest absolute Gasteiger partial charge is 0.391 e. The van der Waals surface area contributed by atoms with Gasteiger partial charge >= 0.3 is 6.18 Å². The van der Waals surface area contributed by atoms with E-state index in [2.05, 4.69) is 24.8 Å². The Morgan fingerprint density at radius 3 is 2.30 bits per heavy atom. The van der Waals surface area contributed by atoms with Crippen molar-refractivity contribution in [2.45, 2.75) is 83.0 Å². The molecular formula is C28H36F3NO3S2. The van der Waals surface area contributed by atoms with Crippen LogP contribution in [0.1, 0.15) is 73.4 Å². The summed E-state index contributed by atoms with van der Waals surface area (Å²) in [6.07, 6.45) is -1.74. The minimum absolute atomic E-state index is 0.0440. The molecule has 1 fully saturated rings. The van der Waals surface area contributed by atoms with E-state index in [0.717, 1.165) is 23.5 Å². The van der Waals surface area contributed by atoms with Crippen molar-refractivity contribution in [1.29, 1.82) is 0 Å². The molecule has 0 bridgehead atoms. The Bertz CT molecular complexity index is 1190. The Morgan fingerprint density at radius 2 is 1.73 bits per heavy atom. The minimum atomic E-state index is -4.07. The van der Waals surface area contributed by atoms with Crippen molar-refractivity contribution in [3.63, 3.8) is 0 Å². The predicted octanol–water partition coefficient (Wildman–Crippen LogP) is 6.78. The van der Waals surface area contributed by atoms with Crippen LogP contribution in [0, 0.1) is 17.8 Å². The molecule has 0 N–H and O–H groups in total. The van der Waals surface area contributed by atoms with Gasteiger partial charge in [-0.2, -0.15) is 13.2 Å². The van der Waals surface area contributed by atoms with E-state index in [1.165, 1.54) is 10.4 Å².